The van der Waals surface area contributed by atoms with Crippen LogP contribution in [0.25, 0.3) is 16.9 Å². The summed E-state index contributed by atoms with van der Waals surface area (Å²) in [4.78, 5) is 8.68. The van der Waals surface area contributed by atoms with E-state index in [1.165, 1.54) is 0 Å². The number of hydrogen-bond acceptors (Lipinski definition) is 6. The molecule has 166 valence electrons. The number of imidazole rings is 1. The number of anilines is 2. The molecule has 0 unspecified atom stereocenters. The van der Waals surface area contributed by atoms with Crippen LogP contribution in [0.4, 0.5) is 11.5 Å². The molecule has 2 aromatic heterocycles. The summed E-state index contributed by atoms with van der Waals surface area (Å²) < 4.78 is 29.4. The van der Waals surface area contributed by atoms with Crippen molar-refractivity contribution < 1.29 is 8.42 Å². The van der Waals surface area contributed by atoms with Gasteiger partial charge in [-0.15, -0.1) is 0 Å². The quantitative estimate of drug-likeness (QED) is 0.323. The van der Waals surface area contributed by atoms with E-state index in [1.54, 1.807) is 31.6 Å². The molecule has 3 N–H and O–H groups in total. The first-order chi connectivity index (χ1) is 15.4. The molecule has 0 fully saturated rings. The summed E-state index contributed by atoms with van der Waals surface area (Å²) >= 11 is 5.87. The minimum atomic E-state index is -3.47. The van der Waals surface area contributed by atoms with Crippen molar-refractivity contribution in [1.82, 2.24) is 19.7 Å². The summed E-state index contributed by atoms with van der Waals surface area (Å²) in [7, 11) is -1.68. The van der Waals surface area contributed by atoms with Gasteiger partial charge in [-0.1, -0.05) is 35.9 Å². The van der Waals surface area contributed by atoms with E-state index in [-0.39, 0.29) is 5.75 Å². The number of fused-ring (bicyclic) bond motifs is 1. The lowest BCUT2D eigenvalue weighted by Gasteiger charge is -2.10. The zero-order valence-corrected chi connectivity index (χ0v) is 19.0. The summed E-state index contributed by atoms with van der Waals surface area (Å²) in [5, 5.41) is 6.83. The van der Waals surface area contributed by atoms with E-state index in [0.717, 1.165) is 22.5 Å². The summed E-state index contributed by atoms with van der Waals surface area (Å²) in [6.07, 6.45) is 5.31. The molecule has 2 aromatic carbocycles. The number of halogens is 1. The molecule has 0 saturated heterocycles. The highest BCUT2D eigenvalue weighted by molar-refractivity contribution is 7.92. The van der Waals surface area contributed by atoms with Gasteiger partial charge in [0.15, 0.2) is 11.5 Å². The minimum Gasteiger partial charge on any atom is -0.370 e. The van der Waals surface area contributed by atoms with Crippen molar-refractivity contribution in [3.63, 3.8) is 0 Å². The molecular formula is C22H23ClN6O2S. The van der Waals surface area contributed by atoms with E-state index in [1.807, 2.05) is 47.0 Å². The lowest BCUT2D eigenvalue weighted by molar-refractivity contribution is 0.595. The first-order valence-electron chi connectivity index (χ1n) is 10.0. The number of sulfonamides is 1. The fourth-order valence-electron chi connectivity index (χ4n) is 3.29. The lowest BCUT2D eigenvalue weighted by Crippen LogP contribution is -2.26. The number of nitrogens with one attached hydrogen (secondary N) is 3. The van der Waals surface area contributed by atoms with Crippen LogP contribution in [0.2, 0.25) is 5.02 Å². The van der Waals surface area contributed by atoms with Crippen LogP contribution in [0.5, 0.6) is 0 Å². The molecule has 10 heteroatoms. The largest absolute Gasteiger partial charge is 0.370 e. The second-order valence-corrected chi connectivity index (χ2v) is 9.44. The highest BCUT2D eigenvalue weighted by atomic mass is 35.5. The molecule has 2 heterocycles. The maximum absolute atomic E-state index is 12.4. The van der Waals surface area contributed by atoms with Crippen LogP contribution < -0.4 is 15.4 Å². The molecule has 0 spiro atoms. The topological polar surface area (TPSA) is 100 Å². The van der Waals surface area contributed by atoms with E-state index in [4.69, 9.17) is 11.6 Å². The Labute approximate surface area is 191 Å². The average molecular weight is 471 g/mol. The normalized spacial score (nSPS) is 11.6. The number of aromatic nitrogens is 3. The second-order valence-electron chi connectivity index (χ2n) is 7.16. The van der Waals surface area contributed by atoms with Crippen molar-refractivity contribution >= 4 is 38.8 Å². The van der Waals surface area contributed by atoms with E-state index >= 15 is 0 Å². The second kappa shape index (κ2) is 9.56. The molecule has 32 heavy (non-hydrogen) atoms. The van der Waals surface area contributed by atoms with Crippen LogP contribution in [0.15, 0.2) is 67.1 Å². The minimum absolute atomic E-state index is 0.0323. The Bertz CT molecular complexity index is 1300. The van der Waals surface area contributed by atoms with Gasteiger partial charge >= 0.3 is 0 Å². The summed E-state index contributed by atoms with van der Waals surface area (Å²) in [5.74, 6) is 0.655. The van der Waals surface area contributed by atoms with E-state index in [2.05, 4.69) is 25.3 Å². The molecule has 0 bridgehead atoms. The van der Waals surface area contributed by atoms with Crippen molar-refractivity contribution in [1.29, 1.82) is 0 Å². The summed E-state index contributed by atoms with van der Waals surface area (Å²) in [6, 6.07) is 14.6. The van der Waals surface area contributed by atoms with Crippen LogP contribution in [0, 0.1) is 0 Å². The Morgan fingerprint density at radius 2 is 1.78 bits per heavy atom. The van der Waals surface area contributed by atoms with Crippen LogP contribution in [0.1, 0.15) is 5.56 Å². The Hall–Kier alpha value is -3.14. The van der Waals surface area contributed by atoms with Gasteiger partial charge in [-0.05, 0) is 29.8 Å². The van der Waals surface area contributed by atoms with Gasteiger partial charge in [0.25, 0.3) is 0 Å². The summed E-state index contributed by atoms with van der Waals surface area (Å²) in [5.41, 5.74) is 4.08. The molecule has 0 amide bonds. The maximum Gasteiger partial charge on any atom is 0.233 e. The third-order valence-electron chi connectivity index (χ3n) is 4.91. The molecule has 4 aromatic rings. The van der Waals surface area contributed by atoms with Crippen molar-refractivity contribution in [2.24, 2.45) is 0 Å². The smallest absolute Gasteiger partial charge is 0.233 e. The molecular weight excluding hydrogens is 448 g/mol. The monoisotopic (exact) mass is 470 g/mol. The van der Waals surface area contributed by atoms with Gasteiger partial charge in [-0.2, -0.15) is 0 Å². The predicted molar refractivity (Wildman–Crippen MR) is 129 cm³/mol. The highest BCUT2D eigenvalue weighted by Crippen LogP contribution is 2.24. The van der Waals surface area contributed by atoms with Gasteiger partial charge in [0.1, 0.15) is 0 Å². The molecule has 0 radical (unpaired) electrons. The molecule has 0 saturated carbocycles. The van der Waals surface area contributed by atoms with Gasteiger partial charge in [0.05, 0.1) is 17.6 Å². The van der Waals surface area contributed by atoms with Crippen LogP contribution in [-0.2, 0) is 16.6 Å². The zero-order valence-electron chi connectivity index (χ0n) is 17.4. The first-order valence-corrected chi connectivity index (χ1v) is 12.0. The van der Waals surface area contributed by atoms with Gasteiger partial charge in [-0.25, -0.2) is 18.4 Å². The van der Waals surface area contributed by atoms with Gasteiger partial charge < -0.3 is 10.6 Å². The highest BCUT2D eigenvalue weighted by Gasteiger charge is 2.12. The van der Waals surface area contributed by atoms with E-state index in [0.29, 0.717) is 29.6 Å². The molecule has 0 aliphatic heterocycles. The van der Waals surface area contributed by atoms with Gasteiger partial charge in [0, 0.05) is 48.8 Å². The third-order valence-corrected chi connectivity index (χ3v) is 6.45. The van der Waals surface area contributed by atoms with E-state index in [9.17, 15) is 8.42 Å². The van der Waals surface area contributed by atoms with E-state index < -0.39 is 10.0 Å². The van der Waals surface area contributed by atoms with Gasteiger partial charge in [-0.3, -0.25) is 9.12 Å². The van der Waals surface area contributed by atoms with Crippen molar-refractivity contribution in [2.75, 3.05) is 29.4 Å². The van der Waals surface area contributed by atoms with Crippen LogP contribution in [-0.4, -0.2) is 42.1 Å². The molecule has 4 rings (SSSR count). The van der Waals surface area contributed by atoms with Crippen molar-refractivity contribution in [2.45, 2.75) is 6.54 Å². The number of hydrogen-bond donors (Lipinski definition) is 3. The molecule has 0 aliphatic carbocycles. The number of benzene rings is 2. The fourth-order valence-corrected chi connectivity index (χ4v) is 4.43. The SMILES string of the molecule is CNc1nccn2c(-c3ccc(NS(=O)(=O)CCNCc4ccc(Cl)cc4)cc3)cnc12. The first kappa shape index (κ1) is 22.1. The van der Waals surface area contributed by atoms with Crippen molar-refractivity contribution in [3.05, 3.63) is 77.7 Å². The van der Waals surface area contributed by atoms with Crippen LogP contribution >= 0.6 is 11.6 Å². The predicted octanol–water partition coefficient (Wildman–Crippen LogP) is 3.62. The van der Waals surface area contributed by atoms with Gasteiger partial charge in [0.2, 0.25) is 10.0 Å². The standard InChI is InChI=1S/C22H23ClN6O2S/c1-24-21-22-27-15-20(29(22)12-10-26-21)17-4-8-19(9-5-17)28-32(30,31)13-11-25-14-16-2-6-18(23)7-3-16/h2-10,12,15,25,28H,11,13-14H2,1H3,(H,24,26). The Balaban J connectivity index is 1.36. The number of nitrogens with zero attached hydrogens (tertiary/aromatic N) is 3. The summed E-state index contributed by atoms with van der Waals surface area (Å²) in [6.45, 7) is 0.908. The lowest BCUT2D eigenvalue weighted by atomic mass is 10.1. The Morgan fingerprint density at radius 3 is 2.50 bits per heavy atom. The average Bonchev–Trinajstić information content (AvgIpc) is 3.22. The number of rotatable bonds is 9. The fraction of sp³-hybridized carbons (Fsp3) is 0.182. The third kappa shape index (κ3) is 5.18. The Kier molecular flexibility index (Phi) is 6.59. The Morgan fingerprint density at radius 1 is 1.03 bits per heavy atom. The maximum atomic E-state index is 12.4. The van der Waals surface area contributed by atoms with Crippen molar-refractivity contribution in [3.8, 4) is 11.3 Å². The zero-order chi connectivity index (χ0) is 22.6. The molecule has 8 nitrogen and oxygen atoms in total. The van der Waals surface area contributed by atoms with Crippen LogP contribution in [0.3, 0.4) is 0 Å². The molecule has 0 atom stereocenters. The molecule has 0 aliphatic rings.